The molecule has 1 amide bonds. The molecule has 2 aromatic heterocycles. The van der Waals surface area contributed by atoms with Crippen LogP contribution in [0.25, 0.3) is 0 Å². The predicted molar refractivity (Wildman–Crippen MR) is 110 cm³/mol. The van der Waals surface area contributed by atoms with Crippen LogP contribution < -0.4 is 5.32 Å². The molecule has 0 spiro atoms. The Balaban J connectivity index is 0.000000282. The number of hydrogen-bond acceptors (Lipinski definition) is 4. The maximum Gasteiger partial charge on any atom is 0.407 e. The van der Waals surface area contributed by atoms with Crippen molar-refractivity contribution in [3.63, 3.8) is 0 Å². The molecule has 1 N–H and O–H groups in total. The minimum Gasteiger partial charge on any atom is -0.447 e. The molecule has 7 heteroatoms. The SMILES string of the molecule is Fc1ccccc1.O=C1N[C@H](c2cc(C#Cc3cccc(C4CC4)n3)cnc2F)CO1. The van der Waals surface area contributed by atoms with Crippen molar-refractivity contribution in [3.8, 4) is 11.8 Å². The summed E-state index contributed by atoms with van der Waals surface area (Å²) in [7, 11) is 0. The van der Waals surface area contributed by atoms with Crippen LogP contribution in [-0.4, -0.2) is 22.7 Å². The van der Waals surface area contributed by atoms with Gasteiger partial charge in [0.05, 0.1) is 6.04 Å². The summed E-state index contributed by atoms with van der Waals surface area (Å²) < 4.78 is 30.6. The summed E-state index contributed by atoms with van der Waals surface area (Å²) in [5, 5.41) is 2.54. The highest BCUT2D eigenvalue weighted by atomic mass is 19.1. The van der Waals surface area contributed by atoms with E-state index in [2.05, 4.69) is 27.1 Å². The molecule has 1 aliphatic carbocycles. The van der Waals surface area contributed by atoms with E-state index in [4.69, 9.17) is 4.74 Å². The number of alkyl carbamates (subject to hydrolysis) is 1. The number of rotatable bonds is 2. The second-order valence-electron chi connectivity index (χ2n) is 7.17. The first kappa shape index (κ1) is 20.5. The predicted octanol–water partition coefficient (Wildman–Crippen LogP) is 4.50. The molecular formula is C24H19F2N3O2. The van der Waals surface area contributed by atoms with Gasteiger partial charge in [0.15, 0.2) is 0 Å². The molecular weight excluding hydrogens is 400 g/mol. The molecule has 1 saturated heterocycles. The Kier molecular flexibility index (Phi) is 6.18. The lowest BCUT2D eigenvalue weighted by atomic mass is 10.1. The summed E-state index contributed by atoms with van der Waals surface area (Å²) in [6.45, 7) is 0.0826. The van der Waals surface area contributed by atoms with Crippen LogP contribution in [0.15, 0.2) is 60.8 Å². The smallest absolute Gasteiger partial charge is 0.407 e. The van der Waals surface area contributed by atoms with Crippen LogP contribution in [0.4, 0.5) is 13.6 Å². The lowest BCUT2D eigenvalue weighted by Crippen LogP contribution is -2.19. The fraction of sp³-hybridized carbons (Fsp3) is 0.208. The first-order valence-electron chi connectivity index (χ1n) is 9.87. The lowest BCUT2D eigenvalue weighted by Gasteiger charge is -2.08. The summed E-state index contributed by atoms with van der Waals surface area (Å²) in [6, 6.07) is 14.8. The van der Waals surface area contributed by atoms with Gasteiger partial charge in [-0.15, -0.1) is 0 Å². The maximum atomic E-state index is 13.9. The van der Waals surface area contributed by atoms with E-state index in [1.54, 1.807) is 24.3 Å². The molecule has 156 valence electrons. The van der Waals surface area contributed by atoms with E-state index in [-0.39, 0.29) is 18.0 Å². The topological polar surface area (TPSA) is 64.1 Å². The maximum absolute atomic E-state index is 13.9. The first-order valence-corrected chi connectivity index (χ1v) is 9.87. The number of cyclic esters (lactones) is 1. The molecule has 2 aliphatic rings. The molecule has 1 aliphatic heterocycles. The van der Waals surface area contributed by atoms with Crippen LogP contribution in [0.2, 0.25) is 0 Å². The van der Waals surface area contributed by atoms with Crippen molar-refractivity contribution in [2.75, 3.05) is 6.61 Å². The highest BCUT2D eigenvalue weighted by Gasteiger charge is 2.27. The van der Waals surface area contributed by atoms with Crippen LogP contribution in [0, 0.1) is 23.6 Å². The molecule has 3 heterocycles. The third kappa shape index (κ3) is 5.64. The number of carbonyl (C=O) groups is 1. The minimum absolute atomic E-state index is 0.0826. The molecule has 1 saturated carbocycles. The Morgan fingerprint density at radius 3 is 2.48 bits per heavy atom. The molecule has 0 bridgehead atoms. The van der Waals surface area contributed by atoms with E-state index >= 15 is 0 Å². The molecule has 2 fully saturated rings. The van der Waals surface area contributed by atoms with Crippen LogP contribution in [-0.2, 0) is 4.74 Å². The second-order valence-corrected chi connectivity index (χ2v) is 7.17. The second kappa shape index (κ2) is 9.35. The zero-order chi connectivity index (χ0) is 21.6. The summed E-state index contributed by atoms with van der Waals surface area (Å²) in [4.78, 5) is 19.4. The number of benzene rings is 1. The van der Waals surface area contributed by atoms with E-state index in [1.807, 2.05) is 18.2 Å². The van der Waals surface area contributed by atoms with Crippen molar-refractivity contribution >= 4 is 6.09 Å². The fourth-order valence-corrected chi connectivity index (χ4v) is 3.01. The Bertz CT molecular complexity index is 1140. The monoisotopic (exact) mass is 419 g/mol. The zero-order valence-electron chi connectivity index (χ0n) is 16.5. The van der Waals surface area contributed by atoms with Gasteiger partial charge in [-0.25, -0.2) is 19.2 Å². The van der Waals surface area contributed by atoms with Gasteiger partial charge >= 0.3 is 6.09 Å². The van der Waals surface area contributed by atoms with Crippen LogP contribution >= 0.6 is 0 Å². The number of amides is 1. The third-order valence-corrected chi connectivity index (χ3v) is 4.75. The van der Waals surface area contributed by atoms with Crippen LogP contribution in [0.1, 0.15) is 47.3 Å². The number of ether oxygens (including phenoxy) is 1. The van der Waals surface area contributed by atoms with E-state index in [0.717, 1.165) is 5.69 Å². The Morgan fingerprint density at radius 2 is 1.84 bits per heavy atom. The molecule has 0 unspecified atom stereocenters. The number of carbonyl (C=O) groups excluding carboxylic acids is 1. The molecule has 31 heavy (non-hydrogen) atoms. The number of nitrogens with zero attached hydrogens (tertiary/aromatic N) is 2. The van der Waals surface area contributed by atoms with Crippen molar-refractivity contribution in [1.29, 1.82) is 0 Å². The summed E-state index contributed by atoms with van der Waals surface area (Å²) in [6.07, 6.45) is 3.18. The van der Waals surface area contributed by atoms with E-state index in [1.165, 1.54) is 31.2 Å². The summed E-state index contributed by atoms with van der Waals surface area (Å²) in [5.41, 5.74) is 2.59. The van der Waals surface area contributed by atoms with Gasteiger partial charge in [0, 0.05) is 28.9 Å². The number of pyridine rings is 2. The Hall–Kier alpha value is -3.79. The number of hydrogen-bond donors (Lipinski definition) is 1. The highest BCUT2D eigenvalue weighted by Crippen LogP contribution is 2.38. The van der Waals surface area contributed by atoms with Crippen molar-refractivity contribution in [2.45, 2.75) is 24.8 Å². The van der Waals surface area contributed by atoms with Gasteiger partial charge in [0.2, 0.25) is 5.95 Å². The molecule has 3 aromatic rings. The van der Waals surface area contributed by atoms with Crippen molar-refractivity contribution < 1.29 is 18.3 Å². The minimum atomic E-state index is -0.634. The van der Waals surface area contributed by atoms with Gasteiger partial charge in [-0.2, -0.15) is 4.39 Å². The molecule has 0 radical (unpaired) electrons. The normalized spacial score (nSPS) is 16.8. The van der Waals surface area contributed by atoms with Gasteiger partial charge in [0.1, 0.15) is 18.1 Å². The average Bonchev–Trinajstić information content (AvgIpc) is 3.55. The summed E-state index contributed by atoms with van der Waals surface area (Å²) in [5.74, 6) is 5.70. The van der Waals surface area contributed by atoms with E-state index in [0.29, 0.717) is 17.2 Å². The largest absolute Gasteiger partial charge is 0.447 e. The van der Waals surface area contributed by atoms with Gasteiger partial charge in [-0.1, -0.05) is 30.2 Å². The van der Waals surface area contributed by atoms with Gasteiger partial charge in [-0.05, 0) is 49.1 Å². The van der Waals surface area contributed by atoms with E-state index < -0.39 is 18.1 Å². The van der Waals surface area contributed by atoms with E-state index in [9.17, 15) is 13.6 Å². The van der Waals surface area contributed by atoms with Crippen molar-refractivity contribution in [2.24, 2.45) is 0 Å². The third-order valence-electron chi connectivity index (χ3n) is 4.75. The Labute approximate surface area is 178 Å². The zero-order valence-corrected chi connectivity index (χ0v) is 16.5. The van der Waals surface area contributed by atoms with Crippen molar-refractivity contribution in [3.05, 3.63) is 95.1 Å². The number of halogens is 2. The van der Waals surface area contributed by atoms with Crippen LogP contribution in [0.3, 0.4) is 0 Å². The lowest BCUT2D eigenvalue weighted by molar-refractivity contribution is 0.176. The van der Waals surface area contributed by atoms with Gasteiger partial charge in [-0.3, -0.25) is 0 Å². The standard InChI is InChI=1S/C18H14FN3O2.C6H5F/c19-17-14(16-10-24-18(23)22-16)8-11(9-20-17)4-7-13-2-1-3-15(21-13)12-5-6-12;7-6-4-2-1-3-5-6/h1-3,8-9,12,16H,5-6,10H2,(H,22,23);1-5H/t16-;/m0./s1. The average molecular weight is 419 g/mol. The van der Waals surface area contributed by atoms with Gasteiger partial charge in [0.25, 0.3) is 0 Å². The Morgan fingerprint density at radius 1 is 1.03 bits per heavy atom. The quantitative estimate of drug-likeness (QED) is 0.491. The fourth-order valence-electron chi connectivity index (χ4n) is 3.01. The van der Waals surface area contributed by atoms with Crippen LogP contribution in [0.5, 0.6) is 0 Å². The highest BCUT2D eigenvalue weighted by molar-refractivity contribution is 5.70. The first-order chi connectivity index (χ1) is 15.1. The number of nitrogens with one attached hydrogen (secondary N) is 1. The molecule has 1 aromatic carbocycles. The molecule has 5 rings (SSSR count). The number of aromatic nitrogens is 2. The molecule has 1 atom stereocenters. The summed E-state index contributed by atoms with van der Waals surface area (Å²) >= 11 is 0. The van der Waals surface area contributed by atoms with Gasteiger partial charge < -0.3 is 10.1 Å². The molecule has 5 nitrogen and oxygen atoms in total. The van der Waals surface area contributed by atoms with Crippen molar-refractivity contribution in [1.82, 2.24) is 15.3 Å².